The summed E-state index contributed by atoms with van der Waals surface area (Å²) in [5, 5.41) is 6.03. The molecular formula is C23H17N5S2. The average Bonchev–Trinajstić information content (AvgIpc) is 3.38. The highest BCUT2D eigenvalue weighted by molar-refractivity contribution is 7.20. The number of fused-ring (bicyclic) bond motifs is 2. The van der Waals surface area contributed by atoms with Crippen LogP contribution in [-0.4, -0.2) is 22.0 Å². The molecule has 0 unspecified atom stereocenters. The lowest BCUT2D eigenvalue weighted by molar-refractivity contribution is 1.03. The first-order valence-electron chi connectivity index (χ1n) is 9.40. The van der Waals surface area contributed by atoms with Crippen LogP contribution >= 0.6 is 22.7 Å². The molecule has 5 rings (SSSR count). The first-order valence-corrected chi connectivity index (χ1v) is 11.0. The molecule has 0 saturated carbocycles. The molecule has 0 bridgehead atoms. The van der Waals surface area contributed by atoms with Crippen molar-refractivity contribution in [3.8, 4) is 0 Å². The molecule has 5 nitrogen and oxygen atoms in total. The van der Waals surface area contributed by atoms with Crippen molar-refractivity contribution in [3.63, 3.8) is 0 Å². The first-order chi connectivity index (χ1) is 14.7. The van der Waals surface area contributed by atoms with Crippen molar-refractivity contribution in [2.75, 3.05) is 0 Å². The van der Waals surface area contributed by atoms with Crippen LogP contribution in [0.15, 0.2) is 82.9 Å². The van der Waals surface area contributed by atoms with E-state index in [1.54, 1.807) is 28.9 Å². The molecule has 0 amide bonds. The van der Waals surface area contributed by atoms with Gasteiger partial charge in [0.1, 0.15) is 5.01 Å². The van der Waals surface area contributed by atoms with Crippen LogP contribution in [0.3, 0.4) is 0 Å². The van der Waals surface area contributed by atoms with Crippen LogP contribution in [0.1, 0.15) is 15.6 Å². The fourth-order valence-electron chi connectivity index (χ4n) is 2.94. The van der Waals surface area contributed by atoms with Gasteiger partial charge in [0.25, 0.3) is 0 Å². The van der Waals surface area contributed by atoms with Crippen LogP contribution in [0.25, 0.3) is 20.4 Å². The Labute approximate surface area is 181 Å². The largest absolute Gasteiger partial charge is 0.259 e. The lowest BCUT2D eigenvalue weighted by Crippen LogP contribution is -2.18. The number of hydrazone groups is 1. The predicted octanol–water partition coefficient (Wildman–Crippen LogP) is 5.92. The summed E-state index contributed by atoms with van der Waals surface area (Å²) in [5.41, 5.74) is 7.05. The maximum absolute atomic E-state index is 4.76. The fourth-order valence-corrected chi connectivity index (χ4v) is 4.68. The first kappa shape index (κ1) is 18.6. The summed E-state index contributed by atoms with van der Waals surface area (Å²) in [6.45, 7) is 2.06. The molecule has 3 aromatic carbocycles. The van der Waals surface area contributed by atoms with E-state index in [4.69, 9.17) is 9.98 Å². The summed E-state index contributed by atoms with van der Waals surface area (Å²) >= 11 is 3.19. The minimum atomic E-state index is 0.609. The zero-order valence-corrected chi connectivity index (χ0v) is 17.7. The third kappa shape index (κ3) is 3.98. The van der Waals surface area contributed by atoms with Crippen LogP contribution in [-0.2, 0) is 0 Å². The van der Waals surface area contributed by atoms with Gasteiger partial charge in [-0.1, -0.05) is 42.0 Å². The number of para-hydroxylation sites is 2. The van der Waals surface area contributed by atoms with Crippen LogP contribution < -0.4 is 5.43 Å². The molecule has 0 saturated heterocycles. The number of aryl methyl sites for hydroxylation is 1. The number of amidine groups is 1. The monoisotopic (exact) mass is 427 g/mol. The van der Waals surface area contributed by atoms with Crippen LogP contribution in [0.5, 0.6) is 0 Å². The Bertz CT molecular complexity index is 1310. The van der Waals surface area contributed by atoms with Gasteiger partial charge in [-0.25, -0.2) is 15.0 Å². The highest BCUT2D eigenvalue weighted by atomic mass is 32.1. The molecule has 0 aliphatic carbocycles. The third-order valence-electron chi connectivity index (χ3n) is 4.43. The Morgan fingerprint density at radius 1 is 0.833 bits per heavy atom. The summed E-state index contributed by atoms with van der Waals surface area (Å²) in [7, 11) is 0. The molecule has 2 heterocycles. The quantitative estimate of drug-likeness (QED) is 0.220. The van der Waals surface area contributed by atoms with E-state index < -0.39 is 0 Å². The fraction of sp³-hybridized carbons (Fsp3) is 0.0435. The second-order valence-electron chi connectivity index (χ2n) is 6.67. The molecular weight excluding hydrogens is 410 g/mol. The third-order valence-corrected chi connectivity index (χ3v) is 6.44. The minimum Gasteiger partial charge on any atom is -0.259 e. The zero-order chi connectivity index (χ0) is 20.3. The topological polar surface area (TPSA) is 62.5 Å². The van der Waals surface area contributed by atoms with Gasteiger partial charge in [-0.15, -0.1) is 22.7 Å². The summed E-state index contributed by atoms with van der Waals surface area (Å²) in [4.78, 5) is 14.1. The van der Waals surface area contributed by atoms with Crippen LogP contribution in [0.2, 0.25) is 0 Å². The standard InChI is InChI=1S/C23H17N5S2/c1-15-10-12-16(13-11-15)25-22(23-27-18-7-3-5-9-20(18)30-23)28-24-14-21-26-17-6-2-4-8-19(17)29-21/h2-14H,1H3,(H,25,28)/b24-14+. The van der Waals surface area contributed by atoms with Crippen molar-refractivity contribution in [1.82, 2.24) is 15.4 Å². The van der Waals surface area contributed by atoms with Crippen molar-refractivity contribution in [3.05, 3.63) is 88.4 Å². The van der Waals surface area contributed by atoms with Gasteiger partial charge in [-0.2, -0.15) is 5.10 Å². The lowest BCUT2D eigenvalue weighted by atomic mass is 10.2. The van der Waals surface area contributed by atoms with E-state index in [1.807, 2.05) is 60.7 Å². The number of nitrogens with one attached hydrogen (secondary N) is 1. The maximum atomic E-state index is 4.76. The molecule has 7 heteroatoms. The number of nitrogens with zero attached hydrogens (tertiary/aromatic N) is 4. The number of thiazole rings is 2. The average molecular weight is 428 g/mol. The van der Waals surface area contributed by atoms with E-state index in [0.717, 1.165) is 36.1 Å². The van der Waals surface area contributed by atoms with Crippen molar-refractivity contribution in [1.29, 1.82) is 0 Å². The molecule has 0 aliphatic rings. The second-order valence-corrected chi connectivity index (χ2v) is 8.77. The maximum Gasteiger partial charge on any atom is 0.183 e. The number of aromatic nitrogens is 2. The number of rotatable bonds is 4. The Morgan fingerprint density at radius 2 is 1.50 bits per heavy atom. The van der Waals surface area contributed by atoms with Gasteiger partial charge in [0, 0.05) is 0 Å². The van der Waals surface area contributed by atoms with Crippen molar-refractivity contribution < 1.29 is 0 Å². The van der Waals surface area contributed by atoms with E-state index in [2.05, 4.69) is 34.6 Å². The summed E-state index contributed by atoms with van der Waals surface area (Å²) in [5.74, 6) is 0.609. The van der Waals surface area contributed by atoms with Gasteiger partial charge in [0.2, 0.25) is 0 Å². The van der Waals surface area contributed by atoms with Gasteiger partial charge in [-0.05, 0) is 43.3 Å². The summed E-state index contributed by atoms with van der Waals surface area (Å²) in [6.07, 6.45) is 1.72. The molecule has 0 aliphatic heterocycles. The Morgan fingerprint density at radius 3 is 2.20 bits per heavy atom. The molecule has 30 heavy (non-hydrogen) atoms. The Balaban J connectivity index is 1.47. The van der Waals surface area contributed by atoms with E-state index in [0.29, 0.717) is 5.84 Å². The normalized spacial score (nSPS) is 12.2. The SMILES string of the molecule is Cc1ccc(N=C(N/N=C/c2nc3ccccc3s2)c2nc3ccccc3s2)cc1. The van der Waals surface area contributed by atoms with Crippen LogP contribution in [0.4, 0.5) is 5.69 Å². The molecule has 2 aromatic heterocycles. The number of hydrogen-bond donors (Lipinski definition) is 1. The Hall–Kier alpha value is -3.42. The minimum absolute atomic E-state index is 0.609. The number of benzene rings is 3. The zero-order valence-electron chi connectivity index (χ0n) is 16.1. The highest BCUT2D eigenvalue weighted by Crippen LogP contribution is 2.24. The molecule has 5 aromatic rings. The summed E-state index contributed by atoms with van der Waals surface area (Å²) < 4.78 is 2.25. The van der Waals surface area contributed by atoms with E-state index >= 15 is 0 Å². The van der Waals surface area contributed by atoms with Gasteiger partial charge >= 0.3 is 0 Å². The van der Waals surface area contributed by atoms with Crippen molar-refractivity contribution in [2.24, 2.45) is 10.1 Å². The summed E-state index contributed by atoms with van der Waals surface area (Å²) in [6, 6.07) is 24.2. The lowest BCUT2D eigenvalue weighted by Gasteiger charge is -2.03. The van der Waals surface area contributed by atoms with Gasteiger partial charge in [-0.3, -0.25) is 5.43 Å². The predicted molar refractivity (Wildman–Crippen MR) is 127 cm³/mol. The van der Waals surface area contributed by atoms with Crippen molar-refractivity contribution >= 4 is 60.8 Å². The Kier molecular flexibility index (Phi) is 5.04. The smallest absolute Gasteiger partial charge is 0.183 e. The molecule has 0 fully saturated rings. The van der Waals surface area contributed by atoms with E-state index in [1.165, 1.54) is 5.56 Å². The highest BCUT2D eigenvalue weighted by Gasteiger charge is 2.10. The number of aliphatic imine (C=N–C) groups is 1. The molecule has 0 spiro atoms. The second kappa shape index (κ2) is 8.14. The number of hydrogen-bond acceptors (Lipinski definition) is 6. The van der Waals surface area contributed by atoms with Gasteiger partial charge in [0.15, 0.2) is 10.8 Å². The molecule has 146 valence electrons. The molecule has 0 radical (unpaired) electrons. The van der Waals surface area contributed by atoms with Gasteiger partial charge in [0.05, 0.1) is 32.3 Å². The molecule has 0 atom stereocenters. The van der Waals surface area contributed by atoms with E-state index in [9.17, 15) is 0 Å². The van der Waals surface area contributed by atoms with Gasteiger partial charge < -0.3 is 0 Å². The van der Waals surface area contributed by atoms with Crippen molar-refractivity contribution in [2.45, 2.75) is 6.92 Å². The van der Waals surface area contributed by atoms with Crippen LogP contribution in [0, 0.1) is 6.92 Å². The van der Waals surface area contributed by atoms with E-state index in [-0.39, 0.29) is 0 Å². The molecule has 1 N–H and O–H groups in total.